The first-order valence-corrected chi connectivity index (χ1v) is 9.65. The van der Waals surface area contributed by atoms with E-state index >= 15 is 0 Å². The van der Waals surface area contributed by atoms with Gasteiger partial charge in [0.05, 0.1) is 0 Å². The number of hydrogen-bond acceptors (Lipinski definition) is 2. The van der Waals surface area contributed by atoms with Crippen LogP contribution >= 0.6 is 11.6 Å². The molecular weight excluding hydrogens is 384 g/mol. The SMILES string of the molecule is Cc1ccc(-c2cc3ccccn3c2C(=O)C(=O)NCc2ccccc2Cl)cc1. The van der Waals surface area contributed by atoms with Gasteiger partial charge in [0.15, 0.2) is 0 Å². The molecule has 144 valence electrons. The number of ketones is 1. The fraction of sp³-hybridized carbons (Fsp3) is 0.0833. The number of carbonyl (C=O) groups is 2. The molecule has 1 N–H and O–H groups in total. The number of amides is 1. The summed E-state index contributed by atoms with van der Waals surface area (Å²) in [6.07, 6.45) is 1.79. The van der Waals surface area contributed by atoms with Gasteiger partial charge in [-0.2, -0.15) is 0 Å². The van der Waals surface area contributed by atoms with E-state index in [2.05, 4.69) is 5.32 Å². The summed E-state index contributed by atoms with van der Waals surface area (Å²) >= 11 is 6.14. The average molecular weight is 403 g/mol. The number of rotatable bonds is 5. The predicted octanol–water partition coefficient (Wildman–Crippen LogP) is 5.07. The topological polar surface area (TPSA) is 50.6 Å². The first-order valence-electron chi connectivity index (χ1n) is 9.27. The molecule has 0 saturated carbocycles. The number of carbonyl (C=O) groups excluding carboxylic acids is 2. The van der Waals surface area contributed by atoms with Crippen molar-refractivity contribution in [2.24, 2.45) is 0 Å². The molecule has 0 aliphatic heterocycles. The number of benzene rings is 2. The number of hydrogen-bond donors (Lipinski definition) is 1. The first kappa shape index (κ1) is 19.0. The Balaban J connectivity index is 1.69. The van der Waals surface area contributed by atoms with E-state index < -0.39 is 11.7 Å². The summed E-state index contributed by atoms with van der Waals surface area (Å²) in [6, 6.07) is 22.7. The van der Waals surface area contributed by atoms with Crippen molar-refractivity contribution >= 4 is 28.8 Å². The summed E-state index contributed by atoms with van der Waals surface area (Å²) in [7, 11) is 0. The minimum absolute atomic E-state index is 0.188. The molecule has 0 saturated heterocycles. The number of aryl methyl sites for hydroxylation is 1. The molecule has 2 heterocycles. The van der Waals surface area contributed by atoms with E-state index in [9.17, 15) is 9.59 Å². The van der Waals surface area contributed by atoms with Gasteiger partial charge in [0, 0.05) is 28.8 Å². The molecule has 0 bridgehead atoms. The van der Waals surface area contributed by atoms with E-state index in [0.717, 1.165) is 27.8 Å². The molecule has 0 atom stereocenters. The Kier molecular flexibility index (Phi) is 5.19. The maximum atomic E-state index is 13.1. The second kappa shape index (κ2) is 7.94. The Morgan fingerprint density at radius 2 is 1.69 bits per heavy atom. The largest absolute Gasteiger partial charge is 0.345 e. The van der Waals surface area contributed by atoms with Crippen molar-refractivity contribution in [2.45, 2.75) is 13.5 Å². The van der Waals surface area contributed by atoms with E-state index in [-0.39, 0.29) is 6.54 Å². The lowest BCUT2D eigenvalue weighted by atomic mass is 10.0. The molecule has 0 radical (unpaired) electrons. The van der Waals surface area contributed by atoms with Crippen LogP contribution in [0.5, 0.6) is 0 Å². The van der Waals surface area contributed by atoms with Gasteiger partial charge in [0.2, 0.25) is 0 Å². The minimum Gasteiger partial charge on any atom is -0.345 e. The van der Waals surface area contributed by atoms with Gasteiger partial charge in [-0.15, -0.1) is 0 Å². The summed E-state index contributed by atoms with van der Waals surface area (Å²) in [6.45, 7) is 2.20. The summed E-state index contributed by atoms with van der Waals surface area (Å²) in [4.78, 5) is 25.8. The van der Waals surface area contributed by atoms with Crippen molar-refractivity contribution in [3.8, 4) is 11.1 Å². The lowest BCUT2D eigenvalue weighted by molar-refractivity contribution is -0.117. The molecule has 0 spiro atoms. The van der Waals surface area contributed by atoms with Gasteiger partial charge in [0.25, 0.3) is 11.7 Å². The van der Waals surface area contributed by atoms with E-state index in [1.807, 2.05) is 73.7 Å². The Labute approximate surface area is 173 Å². The molecule has 4 aromatic rings. The van der Waals surface area contributed by atoms with Crippen LogP contribution in [0.1, 0.15) is 21.6 Å². The molecule has 1 amide bonds. The maximum Gasteiger partial charge on any atom is 0.294 e. The van der Waals surface area contributed by atoms with Crippen LogP contribution in [0.2, 0.25) is 5.02 Å². The van der Waals surface area contributed by atoms with Crippen LogP contribution in [-0.4, -0.2) is 16.1 Å². The van der Waals surface area contributed by atoms with Gasteiger partial charge >= 0.3 is 0 Å². The third kappa shape index (κ3) is 3.80. The van der Waals surface area contributed by atoms with Crippen molar-refractivity contribution < 1.29 is 9.59 Å². The summed E-state index contributed by atoms with van der Waals surface area (Å²) in [5.74, 6) is -1.25. The lowest BCUT2D eigenvalue weighted by Crippen LogP contribution is -2.31. The fourth-order valence-corrected chi connectivity index (χ4v) is 3.52. The molecule has 0 aliphatic carbocycles. The van der Waals surface area contributed by atoms with Gasteiger partial charge in [-0.25, -0.2) is 0 Å². The third-order valence-corrected chi connectivity index (χ3v) is 5.23. The smallest absolute Gasteiger partial charge is 0.294 e. The van der Waals surface area contributed by atoms with Crippen molar-refractivity contribution in [3.05, 3.63) is 101 Å². The van der Waals surface area contributed by atoms with Crippen LogP contribution in [0.15, 0.2) is 79.0 Å². The highest BCUT2D eigenvalue weighted by molar-refractivity contribution is 6.43. The number of Topliss-reactive ketones (excluding diaryl/α,β-unsaturated/α-hetero) is 1. The van der Waals surface area contributed by atoms with Gasteiger partial charge in [-0.3, -0.25) is 9.59 Å². The van der Waals surface area contributed by atoms with Gasteiger partial charge in [0.1, 0.15) is 5.69 Å². The predicted molar refractivity (Wildman–Crippen MR) is 115 cm³/mol. The first-order chi connectivity index (χ1) is 14.0. The standard InChI is InChI=1S/C24H19ClN2O2/c1-16-9-11-17(12-10-16)20-14-19-7-4-5-13-27(19)22(20)23(28)24(29)26-15-18-6-2-3-8-21(18)25/h2-14H,15H2,1H3,(H,26,29). The zero-order valence-corrected chi connectivity index (χ0v) is 16.6. The molecule has 2 aromatic heterocycles. The fourth-order valence-electron chi connectivity index (χ4n) is 3.31. The zero-order valence-electron chi connectivity index (χ0n) is 15.9. The van der Waals surface area contributed by atoms with Crippen molar-refractivity contribution in [1.29, 1.82) is 0 Å². The monoisotopic (exact) mass is 402 g/mol. The van der Waals surface area contributed by atoms with Crippen LogP contribution in [0.3, 0.4) is 0 Å². The normalized spacial score (nSPS) is 10.8. The second-order valence-corrected chi connectivity index (χ2v) is 7.28. The minimum atomic E-state index is -0.665. The molecule has 4 nitrogen and oxygen atoms in total. The Hall–Kier alpha value is -3.37. The van der Waals surface area contributed by atoms with Crippen LogP contribution in [0, 0.1) is 6.92 Å². The third-order valence-electron chi connectivity index (χ3n) is 4.86. The molecule has 0 aliphatic rings. The number of nitrogens with zero attached hydrogens (tertiary/aromatic N) is 1. The molecule has 0 fully saturated rings. The number of pyridine rings is 1. The highest BCUT2D eigenvalue weighted by Gasteiger charge is 2.24. The maximum absolute atomic E-state index is 13.1. The van der Waals surface area contributed by atoms with Crippen molar-refractivity contribution in [3.63, 3.8) is 0 Å². The van der Waals surface area contributed by atoms with Crippen LogP contribution in [0.25, 0.3) is 16.6 Å². The summed E-state index contributed by atoms with van der Waals surface area (Å²) in [5, 5.41) is 3.24. The van der Waals surface area contributed by atoms with Crippen molar-refractivity contribution in [2.75, 3.05) is 0 Å². The second-order valence-electron chi connectivity index (χ2n) is 6.87. The van der Waals surface area contributed by atoms with E-state index in [4.69, 9.17) is 11.6 Å². The Morgan fingerprint density at radius 3 is 2.45 bits per heavy atom. The zero-order chi connectivity index (χ0) is 20.4. The lowest BCUT2D eigenvalue weighted by Gasteiger charge is -2.09. The highest BCUT2D eigenvalue weighted by Crippen LogP contribution is 2.28. The quantitative estimate of drug-likeness (QED) is 0.374. The molecule has 2 aromatic carbocycles. The number of halogens is 1. The van der Waals surface area contributed by atoms with Crippen LogP contribution < -0.4 is 5.32 Å². The molecule has 29 heavy (non-hydrogen) atoms. The Morgan fingerprint density at radius 1 is 0.966 bits per heavy atom. The van der Waals surface area contributed by atoms with E-state index in [1.165, 1.54) is 0 Å². The van der Waals surface area contributed by atoms with Crippen LogP contribution in [0.4, 0.5) is 0 Å². The molecule has 4 rings (SSSR count). The van der Waals surface area contributed by atoms with E-state index in [0.29, 0.717) is 10.7 Å². The Bertz CT molecular complexity index is 1210. The number of fused-ring (bicyclic) bond motifs is 1. The number of nitrogens with one attached hydrogen (secondary N) is 1. The van der Waals surface area contributed by atoms with Crippen molar-refractivity contribution in [1.82, 2.24) is 9.72 Å². The number of aromatic nitrogens is 1. The molecule has 5 heteroatoms. The summed E-state index contributed by atoms with van der Waals surface area (Å²) < 4.78 is 1.76. The van der Waals surface area contributed by atoms with Crippen LogP contribution in [-0.2, 0) is 11.3 Å². The van der Waals surface area contributed by atoms with Gasteiger partial charge in [-0.1, -0.05) is 65.7 Å². The molecule has 0 unspecified atom stereocenters. The molecular formula is C24H19ClN2O2. The summed E-state index contributed by atoms with van der Waals surface area (Å²) in [5.41, 5.74) is 4.71. The van der Waals surface area contributed by atoms with Gasteiger partial charge < -0.3 is 9.72 Å². The van der Waals surface area contributed by atoms with Gasteiger partial charge in [-0.05, 0) is 42.3 Å². The average Bonchev–Trinajstić information content (AvgIpc) is 3.12. The highest BCUT2D eigenvalue weighted by atomic mass is 35.5. The van der Waals surface area contributed by atoms with E-state index in [1.54, 1.807) is 16.7 Å².